The van der Waals surface area contributed by atoms with Gasteiger partial charge >= 0.3 is 12.1 Å². The molecule has 3 heterocycles. The Morgan fingerprint density at radius 2 is 1.14 bits per heavy atom. The van der Waals surface area contributed by atoms with Crippen LogP contribution < -0.4 is 25.8 Å². The summed E-state index contributed by atoms with van der Waals surface area (Å²) in [5, 5.41) is 26.4. The van der Waals surface area contributed by atoms with Gasteiger partial charge in [0.25, 0.3) is 11.8 Å². The van der Waals surface area contributed by atoms with Crippen LogP contribution in [0.25, 0.3) is 21.9 Å². The highest BCUT2D eigenvalue weighted by Gasteiger charge is 2.38. The second-order valence-corrected chi connectivity index (χ2v) is 19.3. The number of alkyl halides is 3. The van der Waals surface area contributed by atoms with Gasteiger partial charge in [-0.05, 0) is 143 Å². The molecule has 3 fully saturated rings. The summed E-state index contributed by atoms with van der Waals surface area (Å²) in [7, 11) is 0. The first-order valence-corrected chi connectivity index (χ1v) is 24.7. The number of carbonyl (C=O) groups is 3. The number of aliphatic hydroxyl groups excluding tert-OH is 1. The van der Waals surface area contributed by atoms with E-state index in [-0.39, 0.29) is 58.5 Å². The number of nitrogens with two attached hydrogens (primary N) is 1. The van der Waals surface area contributed by atoms with Crippen molar-refractivity contribution in [2.24, 2.45) is 11.7 Å². The lowest BCUT2D eigenvalue weighted by atomic mass is 9.83. The maximum absolute atomic E-state index is 13.5. The molecule has 2 aliphatic carbocycles. The van der Waals surface area contributed by atoms with Crippen molar-refractivity contribution in [1.82, 2.24) is 10.6 Å². The van der Waals surface area contributed by atoms with Crippen molar-refractivity contribution >= 4 is 86.1 Å². The lowest BCUT2D eigenvalue weighted by Gasteiger charge is -2.29. The molecule has 2 amide bonds. The Kier molecular flexibility index (Phi) is 20.9. The zero-order valence-electron chi connectivity index (χ0n) is 38.9. The van der Waals surface area contributed by atoms with Gasteiger partial charge in [0.05, 0.1) is 22.8 Å². The van der Waals surface area contributed by atoms with Crippen LogP contribution in [-0.4, -0.2) is 84.3 Å². The monoisotopic (exact) mass is 1100 g/mol. The van der Waals surface area contributed by atoms with E-state index in [9.17, 15) is 36.6 Å². The molecule has 9 rings (SSSR count). The molecule has 2 atom stereocenters. The molecule has 13 nitrogen and oxygen atoms in total. The van der Waals surface area contributed by atoms with Crippen LogP contribution in [0, 0.1) is 17.6 Å². The predicted molar refractivity (Wildman–Crippen MR) is 266 cm³/mol. The van der Waals surface area contributed by atoms with E-state index in [1.165, 1.54) is 24.3 Å². The first-order valence-electron chi connectivity index (χ1n) is 23.2. The number of amides is 2. The maximum atomic E-state index is 13.5. The predicted octanol–water partition coefficient (Wildman–Crippen LogP) is 12.4. The minimum absolute atomic E-state index is 0.0391. The molecule has 6 N–H and O–H groups in total. The van der Waals surface area contributed by atoms with Crippen molar-refractivity contribution in [3.05, 3.63) is 128 Å². The topological polar surface area (TPSA) is 199 Å². The second kappa shape index (κ2) is 26.7. The number of epoxide rings is 1. The number of fused-ring (bicyclic) bond motifs is 2. The van der Waals surface area contributed by atoms with E-state index in [1.807, 2.05) is 0 Å². The van der Waals surface area contributed by atoms with E-state index in [1.54, 1.807) is 60.7 Å². The number of hydrogen-bond acceptors (Lipinski definition) is 10. The van der Waals surface area contributed by atoms with Gasteiger partial charge in [-0.2, -0.15) is 13.2 Å². The van der Waals surface area contributed by atoms with Crippen molar-refractivity contribution in [2.45, 2.75) is 101 Å². The lowest BCUT2D eigenvalue weighted by molar-refractivity contribution is -0.192. The molecule has 1 aliphatic heterocycles. The van der Waals surface area contributed by atoms with E-state index in [0.717, 1.165) is 75.2 Å². The molecule has 73 heavy (non-hydrogen) atoms. The van der Waals surface area contributed by atoms with Crippen LogP contribution in [0.3, 0.4) is 0 Å². The summed E-state index contributed by atoms with van der Waals surface area (Å²) >= 11 is 23.1. The molecule has 0 spiro atoms. The zero-order valence-corrected chi connectivity index (χ0v) is 41.9. The van der Waals surface area contributed by atoms with E-state index >= 15 is 0 Å². The van der Waals surface area contributed by atoms with Gasteiger partial charge in [0, 0.05) is 51.1 Å². The van der Waals surface area contributed by atoms with Crippen molar-refractivity contribution in [3.63, 3.8) is 0 Å². The Balaban J connectivity index is 0.000000183. The van der Waals surface area contributed by atoms with Gasteiger partial charge in [0.2, 0.25) is 0 Å². The molecular formula is C51H52Cl4F5N3O10. The van der Waals surface area contributed by atoms with E-state index < -0.39 is 29.9 Å². The van der Waals surface area contributed by atoms with Crippen LogP contribution in [0.5, 0.6) is 11.5 Å². The molecule has 0 bridgehead atoms. The van der Waals surface area contributed by atoms with Crippen LogP contribution >= 0.6 is 46.4 Å². The lowest BCUT2D eigenvalue weighted by Crippen LogP contribution is -2.40. The van der Waals surface area contributed by atoms with Crippen molar-refractivity contribution in [2.75, 3.05) is 19.8 Å². The smallest absolute Gasteiger partial charge is 0.490 e. The van der Waals surface area contributed by atoms with Gasteiger partial charge in [0.1, 0.15) is 53.6 Å². The Morgan fingerprint density at radius 3 is 1.58 bits per heavy atom. The van der Waals surface area contributed by atoms with Crippen molar-refractivity contribution < 1.29 is 69.6 Å². The molecule has 2 unspecified atom stereocenters. The van der Waals surface area contributed by atoms with Crippen LogP contribution in [-0.2, 0) is 9.53 Å². The number of carboxylic acids is 1. The van der Waals surface area contributed by atoms with Gasteiger partial charge in [-0.25, -0.2) is 13.6 Å². The average Bonchev–Trinajstić information content (AvgIpc) is 3.94. The second-order valence-electron chi connectivity index (χ2n) is 17.6. The molecule has 22 heteroatoms. The van der Waals surface area contributed by atoms with E-state index in [4.69, 9.17) is 85.1 Å². The highest BCUT2D eigenvalue weighted by molar-refractivity contribution is 6.32. The third-order valence-corrected chi connectivity index (χ3v) is 13.0. The molecule has 2 aromatic heterocycles. The van der Waals surface area contributed by atoms with Crippen LogP contribution in [0.1, 0.15) is 85.3 Å². The number of furan rings is 2. The number of halogens is 9. The summed E-state index contributed by atoms with van der Waals surface area (Å²) in [6, 6.07) is 23.2. The van der Waals surface area contributed by atoms with Crippen molar-refractivity contribution in [1.29, 1.82) is 0 Å². The molecule has 6 aromatic rings. The molecule has 0 radical (unpaired) electrons. The van der Waals surface area contributed by atoms with Gasteiger partial charge in [0.15, 0.2) is 11.5 Å². The summed E-state index contributed by atoms with van der Waals surface area (Å²) in [4.78, 5) is 33.7. The third kappa shape index (κ3) is 18.5. The number of hydrogen-bond donors (Lipinski definition) is 5. The fourth-order valence-corrected chi connectivity index (χ4v) is 8.41. The minimum Gasteiger partial charge on any atom is -0.491 e. The van der Waals surface area contributed by atoms with Crippen LogP contribution in [0.4, 0.5) is 22.0 Å². The number of benzene rings is 4. The number of aliphatic hydroxyl groups is 1. The summed E-state index contributed by atoms with van der Waals surface area (Å²) in [6.45, 7) is 1.31. The Hall–Kier alpha value is -5.34. The first-order chi connectivity index (χ1) is 34.7. The fraction of sp³-hybridized carbons (Fsp3) is 0.392. The SMILES string of the molecule is Fc1cc(OCC2CO2)ccc1Cl.NC1CCC(NC(=O)c2cc3cc(Cl)ccc3o2)CC1.O=C(NC1CCC(CCC(O)COc2ccc(Cl)c(F)c2)CC1)c1cc2cc(Cl)ccc2o1.O=C(O)C(F)(F)F. The Bertz CT molecular complexity index is 2790. The van der Waals surface area contributed by atoms with E-state index in [0.29, 0.717) is 57.4 Å². The number of rotatable bonds is 13. The Labute approximate surface area is 436 Å². The van der Waals surface area contributed by atoms with E-state index in [2.05, 4.69) is 10.6 Å². The molecule has 1 saturated heterocycles. The molecule has 3 aliphatic rings. The highest BCUT2D eigenvalue weighted by atomic mass is 35.5. The number of nitrogens with one attached hydrogen (secondary N) is 2. The summed E-state index contributed by atoms with van der Waals surface area (Å²) in [5.74, 6) is -2.20. The molecule has 4 aromatic carbocycles. The number of carboxylic acid groups (broad SMARTS) is 1. The summed E-state index contributed by atoms with van der Waals surface area (Å²) < 4.78 is 84.9. The normalized spacial score (nSPS) is 19.7. The first kappa shape index (κ1) is 56.9. The largest absolute Gasteiger partial charge is 0.491 e. The minimum atomic E-state index is -5.08. The standard InChI is InChI=1S/C25H26Cl2FNO4.C15H17ClN2O2.C9H8ClFO2.C2HF3O2/c26-17-4-10-23-16(11-17)12-24(33-23)25(31)29-18-5-1-15(2-6-18)3-7-19(30)14-32-20-8-9-21(27)22(28)13-20;16-10-1-6-13-9(7-10)8-14(20-13)15(19)18-12-4-2-11(17)3-5-12;10-8-2-1-6(3-9(8)11)12-4-7-5-13-7;3-2(4,5)1(6)7/h4,8-13,15,18-19,30H,1-3,5-7,14H2,(H,29,31);1,6-8,11-12H,2-5,17H2,(H,18,19);1-3,7H,4-5H2;(H,6,7). The van der Waals surface area contributed by atoms with Crippen LogP contribution in [0.2, 0.25) is 20.1 Å². The van der Waals surface area contributed by atoms with Crippen LogP contribution in [0.15, 0.2) is 93.8 Å². The highest BCUT2D eigenvalue weighted by Crippen LogP contribution is 2.31. The number of carbonyl (C=O) groups excluding carboxylic acids is 2. The number of ether oxygens (including phenoxy) is 3. The van der Waals surface area contributed by atoms with Gasteiger partial charge in [-0.15, -0.1) is 0 Å². The van der Waals surface area contributed by atoms with Gasteiger partial charge in [-0.3, -0.25) is 9.59 Å². The summed E-state index contributed by atoms with van der Waals surface area (Å²) in [5.41, 5.74) is 7.17. The summed E-state index contributed by atoms with van der Waals surface area (Å²) in [6.07, 6.45) is 3.48. The fourth-order valence-electron chi connectivity index (χ4n) is 7.81. The zero-order chi connectivity index (χ0) is 52.8. The van der Waals surface area contributed by atoms with Gasteiger partial charge < -0.3 is 49.6 Å². The average molecular weight is 1100 g/mol. The Morgan fingerprint density at radius 1 is 0.685 bits per heavy atom. The number of aliphatic carboxylic acids is 1. The molecule has 2 saturated carbocycles. The van der Waals surface area contributed by atoms with Gasteiger partial charge in [-0.1, -0.05) is 46.4 Å². The molecule has 394 valence electrons. The quantitative estimate of drug-likeness (QED) is 0.0545. The maximum Gasteiger partial charge on any atom is 0.490 e. The molecular weight excluding hydrogens is 1050 g/mol. The van der Waals surface area contributed by atoms with Crippen molar-refractivity contribution in [3.8, 4) is 11.5 Å². The third-order valence-electron chi connectivity index (χ3n) is 11.9.